The van der Waals surface area contributed by atoms with Gasteiger partial charge in [0.15, 0.2) is 0 Å². The average Bonchev–Trinajstić information content (AvgIpc) is 2.83. The molecule has 2 fully saturated rings. The van der Waals surface area contributed by atoms with E-state index in [4.69, 9.17) is 5.26 Å². The number of amides is 3. The molecule has 5 nitrogen and oxygen atoms in total. The fourth-order valence-corrected chi connectivity index (χ4v) is 3.21. The number of rotatable bonds is 2. The minimum absolute atomic E-state index is 0.170. The molecule has 1 aromatic carbocycles. The van der Waals surface area contributed by atoms with Crippen molar-refractivity contribution in [1.29, 1.82) is 5.26 Å². The van der Waals surface area contributed by atoms with E-state index in [1.165, 1.54) is 11.3 Å². The van der Waals surface area contributed by atoms with Crippen LogP contribution in [0.5, 0.6) is 0 Å². The Balaban J connectivity index is 1.81. The Kier molecular flexibility index (Phi) is 3.61. The van der Waals surface area contributed by atoms with Crippen molar-refractivity contribution in [3.63, 3.8) is 0 Å². The lowest BCUT2D eigenvalue weighted by Gasteiger charge is -2.25. The Labute approximate surface area is 123 Å². The van der Waals surface area contributed by atoms with E-state index in [-0.39, 0.29) is 17.9 Å². The van der Waals surface area contributed by atoms with Gasteiger partial charge in [-0.15, -0.1) is 0 Å². The van der Waals surface area contributed by atoms with Crippen molar-refractivity contribution in [2.24, 2.45) is 5.92 Å². The topological polar surface area (TPSA) is 73.2 Å². The third-order valence-corrected chi connectivity index (χ3v) is 4.34. The van der Waals surface area contributed by atoms with Crippen LogP contribution in [0, 0.1) is 17.2 Å². The predicted octanol–water partition coefficient (Wildman–Crippen LogP) is 2.56. The second kappa shape index (κ2) is 5.57. The number of hydrogen-bond donors (Lipinski definition) is 1. The average molecular weight is 283 g/mol. The molecule has 1 unspecified atom stereocenters. The lowest BCUT2D eigenvalue weighted by Crippen LogP contribution is -2.38. The maximum Gasteiger partial charge on any atom is 0.329 e. The fourth-order valence-electron chi connectivity index (χ4n) is 3.21. The maximum absolute atomic E-state index is 12.5. The van der Waals surface area contributed by atoms with Gasteiger partial charge in [0.05, 0.1) is 17.3 Å². The van der Waals surface area contributed by atoms with Crippen LogP contribution in [0.1, 0.15) is 37.7 Å². The predicted molar refractivity (Wildman–Crippen MR) is 77.5 cm³/mol. The molecule has 1 saturated heterocycles. The third kappa shape index (κ3) is 2.49. The van der Waals surface area contributed by atoms with Crippen LogP contribution in [-0.4, -0.2) is 18.0 Å². The lowest BCUT2D eigenvalue weighted by molar-refractivity contribution is -0.119. The van der Waals surface area contributed by atoms with Gasteiger partial charge in [-0.05, 0) is 43.0 Å². The first-order chi connectivity index (χ1) is 10.2. The summed E-state index contributed by atoms with van der Waals surface area (Å²) >= 11 is 0. The minimum atomic E-state index is -0.395. The van der Waals surface area contributed by atoms with Gasteiger partial charge in [0.1, 0.15) is 6.04 Å². The smallest absolute Gasteiger partial charge is 0.325 e. The van der Waals surface area contributed by atoms with Gasteiger partial charge in [-0.1, -0.05) is 19.3 Å². The quantitative estimate of drug-likeness (QED) is 0.848. The molecule has 1 aromatic rings. The first kappa shape index (κ1) is 13.6. The monoisotopic (exact) mass is 283 g/mol. The van der Waals surface area contributed by atoms with Gasteiger partial charge >= 0.3 is 6.03 Å². The van der Waals surface area contributed by atoms with E-state index in [0.29, 0.717) is 11.3 Å². The van der Waals surface area contributed by atoms with Crippen LogP contribution in [-0.2, 0) is 4.79 Å². The standard InChI is InChI=1S/C16H17N3O2/c17-10-11-6-8-13(9-7-11)19-15(20)14(18-16(19)21)12-4-2-1-3-5-12/h6-9,12,14H,1-5H2,(H,18,21). The van der Waals surface area contributed by atoms with E-state index in [0.717, 1.165) is 25.7 Å². The second-order valence-corrected chi connectivity index (χ2v) is 5.66. The van der Waals surface area contributed by atoms with Crippen LogP contribution >= 0.6 is 0 Å². The highest BCUT2D eigenvalue weighted by Crippen LogP contribution is 2.31. The highest BCUT2D eigenvalue weighted by atomic mass is 16.2. The maximum atomic E-state index is 12.5. The molecule has 0 bridgehead atoms. The SMILES string of the molecule is N#Cc1ccc(N2C(=O)NC(C3CCCCC3)C2=O)cc1. The van der Waals surface area contributed by atoms with Gasteiger partial charge in [-0.3, -0.25) is 4.79 Å². The molecular formula is C16H17N3O2. The van der Waals surface area contributed by atoms with Crippen LogP contribution in [0.2, 0.25) is 0 Å². The summed E-state index contributed by atoms with van der Waals surface area (Å²) < 4.78 is 0. The van der Waals surface area contributed by atoms with Crippen LogP contribution in [0.3, 0.4) is 0 Å². The fraction of sp³-hybridized carbons (Fsp3) is 0.438. The van der Waals surface area contributed by atoms with Gasteiger partial charge in [-0.2, -0.15) is 5.26 Å². The van der Waals surface area contributed by atoms with Crippen molar-refractivity contribution < 1.29 is 9.59 Å². The number of imide groups is 1. The van der Waals surface area contributed by atoms with Crippen LogP contribution in [0.25, 0.3) is 0 Å². The number of benzene rings is 1. The molecule has 3 amide bonds. The van der Waals surface area contributed by atoms with E-state index in [9.17, 15) is 9.59 Å². The number of nitrogens with one attached hydrogen (secondary N) is 1. The molecule has 0 radical (unpaired) electrons. The van der Waals surface area contributed by atoms with Gasteiger partial charge in [-0.25, -0.2) is 9.69 Å². The largest absolute Gasteiger partial charge is 0.329 e. The molecule has 108 valence electrons. The molecular weight excluding hydrogens is 266 g/mol. The summed E-state index contributed by atoms with van der Waals surface area (Å²) in [6.45, 7) is 0. The van der Waals surface area contributed by atoms with Crippen LogP contribution in [0.4, 0.5) is 10.5 Å². The molecule has 0 aromatic heterocycles. The molecule has 1 heterocycles. The Morgan fingerprint density at radius 1 is 1.10 bits per heavy atom. The summed E-state index contributed by atoms with van der Waals surface area (Å²) in [5.41, 5.74) is 1.03. The highest BCUT2D eigenvalue weighted by Gasteiger charge is 2.43. The number of nitriles is 1. The lowest BCUT2D eigenvalue weighted by atomic mass is 9.84. The molecule has 1 aliphatic heterocycles. The normalized spacial score (nSPS) is 23.0. The summed E-state index contributed by atoms with van der Waals surface area (Å²) in [7, 11) is 0. The Morgan fingerprint density at radius 3 is 2.38 bits per heavy atom. The molecule has 1 saturated carbocycles. The summed E-state index contributed by atoms with van der Waals surface area (Å²) in [5.74, 6) is 0.0789. The molecule has 1 atom stereocenters. The van der Waals surface area contributed by atoms with Crippen molar-refractivity contribution in [2.45, 2.75) is 38.1 Å². The molecule has 1 N–H and O–H groups in total. The first-order valence-corrected chi connectivity index (χ1v) is 7.35. The van der Waals surface area contributed by atoms with Crippen molar-refractivity contribution in [2.75, 3.05) is 4.90 Å². The highest BCUT2D eigenvalue weighted by molar-refractivity contribution is 6.21. The minimum Gasteiger partial charge on any atom is -0.325 e. The number of carbonyl (C=O) groups excluding carboxylic acids is 2. The Hall–Kier alpha value is -2.35. The van der Waals surface area contributed by atoms with E-state index < -0.39 is 6.04 Å². The van der Waals surface area contributed by atoms with Crippen molar-refractivity contribution >= 4 is 17.6 Å². The van der Waals surface area contributed by atoms with Crippen molar-refractivity contribution in [1.82, 2.24) is 5.32 Å². The van der Waals surface area contributed by atoms with E-state index in [1.54, 1.807) is 24.3 Å². The van der Waals surface area contributed by atoms with Crippen molar-refractivity contribution in [3.05, 3.63) is 29.8 Å². The van der Waals surface area contributed by atoms with Gasteiger partial charge in [0, 0.05) is 0 Å². The Bertz CT molecular complexity index is 597. The summed E-state index contributed by atoms with van der Waals surface area (Å²) in [5, 5.41) is 11.6. The molecule has 1 aliphatic carbocycles. The van der Waals surface area contributed by atoms with E-state index >= 15 is 0 Å². The van der Waals surface area contributed by atoms with Gasteiger partial charge < -0.3 is 5.32 Å². The van der Waals surface area contributed by atoms with Crippen molar-refractivity contribution in [3.8, 4) is 6.07 Å². The number of hydrogen-bond acceptors (Lipinski definition) is 3. The molecule has 21 heavy (non-hydrogen) atoms. The summed E-state index contributed by atoms with van der Waals surface area (Å²) in [4.78, 5) is 25.9. The zero-order valence-electron chi connectivity index (χ0n) is 11.7. The zero-order valence-corrected chi connectivity index (χ0v) is 11.7. The van der Waals surface area contributed by atoms with E-state index in [1.807, 2.05) is 6.07 Å². The summed E-state index contributed by atoms with van der Waals surface area (Å²) in [6.07, 6.45) is 5.46. The number of carbonyl (C=O) groups is 2. The molecule has 5 heteroatoms. The number of anilines is 1. The van der Waals surface area contributed by atoms with Crippen LogP contribution < -0.4 is 10.2 Å². The molecule has 3 rings (SSSR count). The van der Waals surface area contributed by atoms with Gasteiger partial charge in [0.25, 0.3) is 5.91 Å². The van der Waals surface area contributed by atoms with Crippen LogP contribution in [0.15, 0.2) is 24.3 Å². The molecule has 0 spiro atoms. The van der Waals surface area contributed by atoms with E-state index in [2.05, 4.69) is 5.32 Å². The molecule has 2 aliphatic rings. The first-order valence-electron chi connectivity index (χ1n) is 7.35. The summed E-state index contributed by atoms with van der Waals surface area (Å²) in [6, 6.07) is 7.77. The third-order valence-electron chi connectivity index (χ3n) is 4.34. The second-order valence-electron chi connectivity index (χ2n) is 5.66. The number of nitrogens with zero attached hydrogens (tertiary/aromatic N) is 2. The van der Waals surface area contributed by atoms with Gasteiger partial charge in [0.2, 0.25) is 0 Å². The number of urea groups is 1. The zero-order chi connectivity index (χ0) is 14.8. The Morgan fingerprint density at radius 2 is 1.76 bits per heavy atom.